The van der Waals surface area contributed by atoms with E-state index in [2.05, 4.69) is 26.2 Å². The highest BCUT2D eigenvalue weighted by Crippen LogP contribution is 2.38. The van der Waals surface area contributed by atoms with Gasteiger partial charge in [0.15, 0.2) is 0 Å². The number of rotatable bonds is 9. The van der Waals surface area contributed by atoms with Gasteiger partial charge >= 0.3 is 0 Å². The van der Waals surface area contributed by atoms with E-state index in [9.17, 15) is 0 Å². The van der Waals surface area contributed by atoms with Crippen LogP contribution in [0.15, 0.2) is 0 Å². The standard InChI is InChI=1S/C16H33N/c1-4-6-12-16(5-2,14-17-3)13-11-15-9-7-8-10-15/h15,17H,4-14H2,1-3H3. The summed E-state index contributed by atoms with van der Waals surface area (Å²) in [5.74, 6) is 1.06. The molecule has 0 heterocycles. The Bertz CT molecular complexity index is 184. The Morgan fingerprint density at radius 1 is 1.12 bits per heavy atom. The van der Waals surface area contributed by atoms with Crippen LogP contribution in [0.1, 0.15) is 78.1 Å². The molecule has 1 rings (SSSR count). The lowest BCUT2D eigenvalue weighted by Crippen LogP contribution is -2.32. The smallest absolute Gasteiger partial charge is 0.000470 e. The predicted molar refractivity (Wildman–Crippen MR) is 77.4 cm³/mol. The summed E-state index contributed by atoms with van der Waals surface area (Å²) in [5.41, 5.74) is 0.591. The molecule has 0 aliphatic heterocycles. The molecule has 0 radical (unpaired) electrons. The maximum Gasteiger partial charge on any atom is 0.000470 e. The van der Waals surface area contributed by atoms with Gasteiger partial charge in [0, 0.05) is 6.54 Å². The summed E-state index contributed by atoms with van der Waals surface area (Å²) in [5, 5.41) is 3.44. The summed E-state index contributed by atoms with van der Waals surface area (Å²) >= 11 is 0. The highest BCUT2D eigenvalue weighted by Gasteiger charge is 2.28. The van der Waals surface area contributed by atoms with Crippen LogP contribution in [0.4, 0.5) is 0 Å². The summed E-state index contributed by atoms with van der Waals surface area (Å²) in [6, 6.07) is 0. The molecule has 1 fully saturated rings. The molecule has 1 heteroatoms. The lowest BCUT2D eigenvalue weighted by Gasteiger charge is -2.34. The normalized spacial score (nSPS) is 20.6. The topological polar surface area (TPSA) is 12.0 Å². The fourth-order valence-corrected chi connectivity index (χ4v) is 3.52. The molecular formula is C16H33N. The lowest BCUT2D eigenvalue weighted by molar-refractivity contribution is 0.198. The van der Waals surface area contributed by atoms with Crippen molar-refractivity contribution in [2.45, 2.75) is 78.1 Å². The number of unbranched alkanes of at least 4 members (excludes halogenated alkanes) is 1. The monoisotopic (exact) mass is 239 g/mol. The van der Waals surface area contributed by atoms with Gasteiger partial charge in [0.1, 0.15) is 0 Å². The van der Waals surface area contributed by atoms with E-state index in [1.807, 2.05) is 0 Å². The van der Waals surface area contributed by atoms with Gasteiger partial charge in [-0.3, -0.25) is 0 Å². The van der Waals surface area contributed by atoms with Crippen molar-refractivity contribution in [2.24, 2.45) is 11.3 Å². The van der Waals surface area contributed by atoms with Gasteiger partial charge < -0.3 is 5.32 Å². The van der Waals surface area contributed by atoms with Gasteiger partial charge in [-0.15, -0.1) is 0 Å². The zero-order chi connectivity index (χ0) is 12.6. The van der Waals surface area contributed by atoms with Crippen molar-refractivity contribution in [3.63, 3.8) is 0 Å². The third kappa shape index (κ3) is 4.99. The van der Waals surface area contributed by atoms with Crippen LogP contribution in [0.3, 0.4) is 0 Å². The summed E-state index contributed by atoms with van der Waals surface area (Å²) < 4.78 is 0. The van der Waals surface area contributed by atoms with Crippen LogP contribution < -0.4 is 5.32 Å². The second-order valence-corrected chi connectivity index (χ2v) is 6.18. The molecule has 0 aromatic rings. The fraction of sp³-hybridized carbons (Fsp3) is 1.00. The van der Waals surface area contributed by atoms with Gasteiger partial charge in [-0.2, -0.15) is 0 Å². The van der Waals surface area contributed by atoms with Gasteiger partial charge in [-0.1, -0.05) is 52.4 Å². The van der Waals surface area contributed by atoms with Crippen LogP contribution >= 0.6 is 0 Å². The van der Waals surface area contributed by atoms with Crippen molar-refractivity contribution < 1.29 is 0 Å². The van der Waals surface area contributed by atoms with Gasteiger partial charge in [0.2, 0.25) is 0 Å². The van der Waals surface area contributed by atoms with Crippen molar-refractivity contribution in [3.05, 3.63) is 0 Å². The summed E-state index contributed by atoms with van der Waals surface area (Å²) in [7, 11) is 2.12. The highest BCUT2D eigenvalue weighted by molar-refractivity contribution is 4.82. The molecule has 1 aliphatic carbocycles. The molecule has 0 aromatic carbocycles. The molecule has 1 aliphatic rings. The first kappa shape index (κ1) is 15.0. The molecule has 1 N–H and O–H groups in total. The van der Waals surface area contributed by atoms with Crippen LogP contribution in [0.25, 0.3) is 0 Å². The van der Waals surface area contributed by atoms with E-state index in [-0.39, 0.29) is 0 Å². The quantitative estimate of drug-likeness (QED) is 0.611. The van der Waals surface area contributed by atoms with Crippen LogP contribution in [-0.4, -0.2) is 13.6 Å². The summed E-state index contributed by atoms with van der Waals surface area (Å²) in [6.07, 6.45) is 14.5. The molecule has 1 unspecified atom stereocenters. The maximum atomic E-state index is 3.44. The van der Waals surface area contributed by atoms with Crippen molar-refractivity contribution in [1.29, 1.82) is 0 Å². The molecule has 1 atom stereocenters. The Balaban J connectivity index is 2.41. The van der Waals surface area contributed by atoms with Crippen LogP contribution in [0, 0.1) is 11.3 Å². The minimum absolute atomic E-state index is 0.591. The summed E-state index contributed by atoms with van der Waals surface area (Å²) in [4.78, 5) is 0. The van der Waals surface area contributed by atoms with Gasteiger partial charge in [-0.25, -0.2) is 0 Å². The van der Waals surface area contributed by atoms with E-state index >= 15 is 0 Å². The van der Waals surface area contributed by atoms with E-state index in [4.69, 9.17) is 0 Å². The minimum Gasteiger partial charge on any atom is -0.319 e. The average molecular weight is 239 g/mol. The van der Waals surface area contributed by atoms with E-state index < -0.39 is 0 Å². The minimum atomic E-state index is 0.591. The largest absolute Gasteiger partial charge is 0.319 e. The predicted octanol–water partition coefficient (Wildman–Crippen LogP) is 4.76. The van der Waals surface area contributed by atoms with Crippen LogP contribution in [0.2, 0.25) is 0 Å². The maximum absolute atomic E-state index is 3.44. The Morgan fingerprint density at radius 3 is 2.35 bits per heavy atom. The molecule has 0 amide bonds. The zero-order valence-electron chi connectivity index (χ0n) is 12.4. The number of hydrogen-bond acceptors (Lipinski definition) is 1. The number of hydrogen-bond donors (Lipinski definition) is 1. The molecule has 17 heavy (non-hydrogen) atoms. The zero-order valence-corrected chi connectivity index (χ0v) is 12.4. The van der Waals surface area contributed by atoms with Gasteiger partial charge in [0.05, 0.1) is 0 Å². The Kier molecular flexibility index (Phi) is 7.18. The number of nitrogens with one attached hydrogen (secondary N) is 1. The van der Waals surface area contributed by atoms with Crippen molar-refractivity contribution in [1.82, 2.24) is 5.32 Å². The van der Waals surface area contributed by atoms with Crippen LogP contribution in [0.5, 0.6) is 0 Å². The third-order valence-corrected chi connectivity index (χ3v) is 4.92. The first-order valence-electron chi connectivity index (χ1n) is 7.91. The van der Waals surface area contributed by atoms with E-state index in [0.29, 0.717) is 5.41 Å². The third-order valence-electron chi connectivity index (χ3n) is 4.92. The second kappa shape index (κ2) is 8.13. The average Bonchev–Trinajstić information content (AvgIpc) is 2.86. The lowest BCUT2D eigenvalue weighted by atomic mass is 9.74. The van der Waals surface area contributed by atoms with Crippen molar-refractivity contribution >= 4 is 0 Å². The fourth-order valence-electron chi connectivity index (χ4n) is 3.52. The second-order valence-electron chi connectivity index (χ2n) is 6.18. The van der Waals surface area contributed by atoms with Gasteiger partial charge in [0.25, 0.3) is 0 Å². The Hall–Kier alpha value is -0.0400. The SMILES string of the molecule is CCCCC(CC)(CCC1CCCC1)CNC. The van der Waals surface area contributed by atoms with Gasteiger partial charge in [-0.05, 0) is 44.1 Å². The summed E-state index contributed by atoms with van der Waals surface area (Å²) in [6.45, 7) is 5.93. The van der Waals surface area contributed by atoms with Crippen molar-refractivity contribution in [3.8, 4) is 0 Å². The first-order chi connectivity index (χ1) is 8.26. The Morgan fingerprint density at radius 2 is 1.82 bits per heavy atom. The van der Waals surface area contributed by atoms with E-state index in [1.54, 1.807) is 0 Å². The molecule has 1 nitrogen and oxygen atoms in total. The molecule has 0 bridgehead atoms. The van der Waals surface area contributed by atoms with E-state index in [1.165, 1.54) is 70.8 Å². The molecular weight excluding hydrogens is 206 g/mol. The van der Waals surface area contributed by atoms with Crippen molar-refractivity contribution in [2.75, 3.05) is 13.6 Å². The highest BCUT2D eigenvalue weighted by atomic mass is 14.8. The van der Waals surface area contributed by atoms with E-state index in [0.717, 1.165) is 5.92 Å². The molecule has 0 spiro atoms. The molecule has 1 saturated carbocycles. The van der Waals surface area contributed by atoms with Crippen LogP contribution in [-0.2, 0) is 0 Å². The first-order valence-corrected chi connectivity index (χ1v) is 7.91. The molecule has 0 saturated heterocycles. The molecule has 0 aromatic heterocycles. The Labute approximate surface area is 109 Å². The molecule has 102 valence electrons.